The Hall–Kier alpha value is -1.45. The maximum Gasteiger partial charge on any atom is 0.226 e. The van der Waals surface area contributed by atoms with Crippen molar-refractivity contribution in [2.24, 2.45) is 5.92 Å². The lowest BCUT2D eigenvalue weighted by Gasteiger charge is -2.35. The summed E-state index contributed by atoms with van der Waals surface area (Å²) in [5.74, 6) is -0.862. The highest BCUT2D eigenvalue weighted by molar-refractivity contribution is 5.80. The second-order valence-corrected chi connectivity index (χ2v) is 6.02. The predicted molar refractivity (Wildman–Crippen MR) is 72.0 cm³/mol. The van der Waals surface area contributed by atoms with Crippen LogP contribution in [-0.2, 0) is 4.79 Å². The Morgan fingerprint density at radius 1 is 1.10 bits per heavy atom. The van der Waals surface area contributed by atoms with Crippen LogP contribution >= 0.6 is 0 Å². The summed E-state index contributed by atoms with van der Waals surface area (Å²) >= 11 is 0. The van der Waals surface area contributed by atoms with E-state index in [-0.39, 0.29) is 23.9 Å². The third kappa shape index (κ3) is 2.32. The highest BCUT2D eigenvalue weighted by Gasteiger charge is 2.40. The number of hydrogen-bond donors (Lipinski definition) is 0. The van der Waals surface area contributed by atoms with Crippen LogP contribution in [0.1, 0.15) is 50.6 Å². The molecule has 2 nitrogen and oxygen atoms in total. The van der Waals surface area contributed by atoms with Crippen LogP contribution in [0.3, 0.4) is 0 Å². The summed E-state index contributed by atoms with van der Waals surface area (Å²) in [6.07, 6.45) is 4.68. The third-order valence-corrected chi connectivity index (χ3v) is 4.65. The van der Waals surface area contributed by atoms with Gasteiger partial charge in [-0.15, -0.1) is 0 Å². The molecule has 1 aromatic carbocycles. The fraction of sp³-hybridized carbons (Fsp3) is 0.562. The molecule has 1 heterocycles. The number of halogens is 2. The zero-order valence-electron chi connectivity index (χ0n) is 11.6. The van der Waals surface area contributed by atoms with Crippen molar-refractivity contribution in [1.82, 2.24) is 4.90 Å². The maximum atomic E-state index is 13.4. The predicted octanol–water partition coefficient (Wildman–Crippen LogP) is 3.82. The minimum Gasteiger partial charge on any atom is -0.333 e. The van der Waals surface area contributed by atoms with Crippen LogP contribution in [0.2, 0.25) is 0 Å². The topological polar surface area (TPSA) is 20.3 Å². The van der Waals surface area contributed by atoms with E-state index < -0.39 is 11.6 Å². The van der Waals surface area contributed by atoms with E-state index in [4.69, 9.17) is 0 Å². The molecule has 0 N–H and O–H groups in total. The number of carbonyl (C=O) groups excluding carboxylic acids is 1. The molecule has 1 aliphatic carbocycles. The van der Waals surface area contributed by atoms with Crippen LogP contribution in [0.4, 0.5) is 8.78 Å². The number of amides is 1. The van der Waals surface area contributed by atoms with Gasteiger partial charge in [-0.1, -0.05) is 6.42 Å². The van der Waals surface area contributed by atoms with Crippen molar-refractivity contribution in [3.63, 3.8) is 0 Å². The van der Waals surface area contributed by atoms with E-state index in [9.17, 15) is 13.6 Å². The maximum absolute atomic E-state index is 13.4. The van der Waals surface area contributed by atoms with Crippen LogP contribution in [0.25, 0.3) is 0 Å². The van der Waals surface area contributed by atoms with E-state index in [2.05, 4.69) is 0 Å². The van der Waals surface area contributed by atoms with Gasteiger partial charge < -0.3 is 4.90 Å². The van der Waals surface area contributed by atoms with Gasteiger partial charge in [0, 0.05) is 18.0 Å². The molecule has 20 heavy (non-hydrogen) atoms. The second kappa shape index (κ2) is 5.15. The summed E-state index contributed by atoms with van der Waals surface area (Å²) in [5.41, 5.74) is 0.583. The van der Waals surface area contributed by atoms with Gasteiger partial charge in [0.05, 0.1) is 6.04 Å². The summed E-state index contributed by atoms with van der Waals surface area (Å²) in [7, 11) is 0. The molecule has 2 fully saturated rings. The third-order valence-electron chi connectivity index (χ3n) is 4.65. The Kier molecular flexibility index (Phi) is 3.48. The number of carbonyl (C=O) groups is 1. The van der Waals surface area contributed by atoms with Gasteiger partial charge >= 0.3 is 0 Å². The highest BCUT2D eigenvalue weighted by Crippen LogP contribution is 2.40. The molecule has 0 bridgehead atoms. The molecule has 2 unspecified atom stereocenters. The second-order valence-electron chi connectivity index (χ2n) is 6.02. The van der Waals surface area contributed by atoms with Crippen molar-refractivity contribution < 1.29 is 13.6 Å². The lowest BCUT2D eigenvalue weighted by atomic mass is 9.84. The standard InChI is InChI=1S/C16H19F2NO/c1-10-5-6-15(12-7-13(17)9-14(18)8-12)19(10)16(20)11-3-2-4-11/h7-11,15H,2-6H2,1H3. The molecule has 0 aromatic heterocycles. The Labute approximate surface area is 117 Å². The Bertz CT molecular complexity index is 507. The SMILES string of the molecule is CC1CCC(c2cc(F)cc(F)c2)N1C(=O)C1CCC1. The first kappa shape index (κ1) is 13.5. The first-order valence-corrected chi connectivity index (χ1v) is 7.34. The number of hydrogen-bond acceptors (Lipinski definition) is 1. The molecule has 108 valence electrons. The molecule has 2 aliphatic rings. The lowest BCUT2D eigenvalue weighted by molar-refractivity contribution is -0.141. The van der Waals surface area contributed by atoms with Crippen molar-refractivity contribution in [2.75, 3.05) is 0 Å². The summed E-state index contributed by atoms with van der Waals surface area (Å²) in [6.45, 7) is 2.02. The van der Waals surface area contributed by atoms with Gasteiger partial charge in [0.2, 0.25) is 5.91 Å². The van der Waals surface area contributed by atoms with Crippen molar-refractivity contribution in [3.05, 3.63) is 35.4 Å². The van der Waals surface area contributed by atoms with Crippen molar-refractivity contribution in [2.45, 2.75) is 51.1 Å². The van der Waals surface area contributed by atoms with Crippen molar-refractivity contribution in [3.8, 4) is 0 Å². The Balaban J connectivity index is 1.88. The van der Waals surface area contributed by atoms with E-state index in [0.29, 0.717) is 5.56 Å². The number of benzene rings is 1. The van der Waals surface area contributed by atoms with E-state index in [1.807, 2.05) is 11.8 Å². The van der Waals surface area contributed by atoms with E-state index >= 15 is 0 Å². The monoisotopic (exact) mass is 279 g/mol. The van der Waals surface area contributed by atoms with Crippen LogP contribution in [0, 0.1) is 17.6 Å². The van der Waals surface area contributed by atoms with Gasteiger partial charge in [-0.25, -0.2) is 8.78 Å². The molecule has 0 radical (unpaired) electrons. The molecule has 4 heteroatoms. The smallest absolute Gasteiger partial charge is 0.226 e. The summed E-state index contributed by atoms with van der Waals surface area (Å²) in [5, 5.41) is 0. The molecule has 1 saturated heterocycles. The molecular formula is C16H19F2NO. The van der Waals surface area contributed by atoms with E-state index in [0.717, 1.165) is 38.2 Å². The van der Waals surface area contributed by atoms with Gasteiger partial charge in [0.25, 0.3) is 0 Å². The Morgan fingerprint density at radius 3 is 2.30 bits per heavy atom. The van der Waals surface area contributed by atoms with E-state index in [1.165, 1.54) is 12.1 Å². The van der Waals surface area contributed by atoms with Crippen molar-refractivity contribution in [1.29, 1.82) is 0 Å². The molecule has 3 rings (SSSR count). The minimum absolute atomic E-state index is 0.122. The van der Waals surface area contributed by atoms with Gasteiger partial charge in [0.15, 0.2) is 0 Å². The summed E-state index contributed by atoms with van der Waals surface area (Å²) in [4.78, 5) is 14.4. The van der Waals surface area contributed by atoms with Crippen LogP contribution < -0.4 is 0 Å². The normalized spacial score (nSPS) is 26.6. The van der Waals surface area contributed by atoms with Gasteiger partial charge in [0.1, 0.15) is 11.6 Å². The molecule has 1 aromatic rings. The molecule has 1 amide bonds. The van der Waals surface area contributed by atoms with Crippen LogP contribution in [0.15, 0.2) is 18.2 Å². The zero-order chi connectivity index (χ0) is 14.3. The Morgan fingerprint density at radius 2 is 1.75 bits per heavy atom. The minimum atomic E-state index is -0.574. The van der Waals surface area contributed by atoms with Crippen LogP contribution in [-0.4, -0.2) is 16.8 Å². The summed E-state index contributed by atoms with van der Waals surface area (Å²) < 4.78 is 26.8. The van der Waals surface area contributed by atoms with Gasteiger partial charge in [-0.3, -0.25) is 4.79 Å². The first-order valence-electron chi connectivity index (χ1n) is 7.34. The highest BCUT2D eigenvalue weighted by atomic mass is 19.1. The van der Waals surface area contributed by atoms with Gasteiger partial charge in [-0.2, -0.15) is 0 Å². The quantitative estimate of drug-likeness (QED) is 0.806. The number of likely N-dealkylation sites (tertiary alicyclic amines) is 1. The molecular weight excluding hydrogens is 260 g/mol. The molecule has 1 saturated carbocycles. The molecule has 1 aliphatic heterocycles. The van der Waals surface area contributed by atoms with Crippen molar-refractivity contribution >= 4 is 5.91 Å². The molecule has 2 atom stereocenters. The molecule has 0 spiro atoms. The fourth-order valence-electron chi connectivity index (χ4n) is 3.32. The van der Waals surface area contributed by atoms with Gasteiger partial charge in [-0.05, 0) is 50.3 Å². The lowest BCUT2D eigenvalue weighted by Crippen LogP contribution is -2.42. The summed E-state index contributed by atoms with van der Waals surface area (Å²) in [6, 6.07) is 3.56. The first-order chi connectivity index (χ1) is 9.56. The average Bonchev–Trinajstić information content (AvgIpc) is 2.67. The largest absolute Gasteiger partial charge is 0.333 e. The zero-order valence-corrected chi connectivity index (χ0v) is 11.6. The number of nitrogens with zero attached hydrogens (tertiary/aromatic N) is 1. The van der Waals surface area contributed by atoms with Crippen LogP contribution in [0.5, 0.6) is 0 Å². The average molecular weight is 279 g/mol. The number of rotatable bonds is 2. The van der Waals surface area contributed by atoms with E-state index in [1.54, 1.807) is 0 Å². The fourth-order valence-corrected chi connectivity index (χ4v) is 3.32.